The number of likely N-dealkylation sites (N-methyl/N-ethyl adjacent to an activating group) is 3. The summed E-state index contributed by atoms with van der Waals surface area (Å²) in [5.41, 5.74) is -0.594. The summed E-state index contributed by atoms with van der Waals surface area (Å²) in [6.07, 6.45) is 3.26. The highest BCUT2D eigenvalue weighted by atomic mass is 16.5. The molecular weight excluding hydrogens is 242 g/mol. The van der Waals surface area contributed by atoms with Gasteiger partial charge >= 0.3 is 5.97 Å². The number of hydrogen-bond donors (Lipinski definition) is 1. The predicted octanol–water partition coefficient (Wildman–Crippen LogP) is 0.554. The third-order valence-electron chi connectivity index (χ3n) is 4.38. The zero-order chi connectivity index (χ0) is 14.5. The molecule has 5 heteroatoms. The van der Waals surface area contributed by atoms with E-state index in [-0.39, 0.29) is 5.97 Å². The minimum Gasteiger partial charge on any atom is -0.468 e. The number of esters is 1. The van der Waals surface area contributed by atoms with E-state index in [1.54, 1.807) is 0 Å². The summed E-state index contributed by atoms with van der Waals surface area (Å²) in [6.45, 7) is 5.11. The lowest BCUT2D eigenvalue weighted by molar-refractivity contribution is -0.148. The van der Waals surface area contributed by atoms with Crippen LogP contribution in [0.2, 0.25) is 0 Å². The van der Waals surface area contributed by atoms with Gasteiger partial charge in [-0.05, 0) is 53.9 Å². The van der Waals surface area contributed by atoms with E-state index in [1.165, 1.54) is 26.5 Å². The van der Waals surface area contributed by atoms with Gasteiger partial charge in [0.2, 0.25) is 0 Å². The van der Waals surface area contributed by atoms with Crippen molar-refractivity contribution in [1.29, 1.82) is 0 Å². The molecule has 1 fully saturated rings. The molecule has 1 aliphatic rings. The largest absolute Gasteiger partial charge is 0.468 e. The molecule has 0 aromatic rings. The topological polar surface area (TPSA) is 44.8 Å². The molecular formula is C14H29N3O2. The Hall–Kier alpha value is -0.650. The average Bonchev–Trinajstić information content (AvgIpc) is 2.43. The molecule has 0 saturated carbocycles. The van der Waals surface area contributed by atoms with Gasteiger partial charge in [0.15, 0.2) is 0 Å². The Balaban J connectivity index is 2.47. The second kappa shape index (κ2) is 7.22. The quantitative estimate of drug-likeness (QED) is 0.715. The van der Waals surface area contributed by atoms with Crippen LogP contribution in [0.4, 0.5) is 0 Å². The Morgan fingerprint density at radius 2 is 2.26 bits per heavy atom. The van der Waals surface area contributed by atoms with Crippen LogP contribution in [0, 0.1) is 0 Å². The fourth-order valence-electron chi connectivity index (χ4n) is 2.64. The van der Waals surface area contributed by atoms with Crippen molar-refractivity contribution in [2.75, 3.05) is 47.9 Å². The van der Waals surface area contributed by atoms with Crippen LogP contribution in [0.15, 0.2) is 0 Å². The zero-order valence-electron chi connectivity index (χ0n) is 13.0. The highest BCUT2D eigenvalue weighted by molar-refractivity contribution is 5.80. The molecule has 1 heterocycles. The van der Waals surface area contributed by atoms with Crippen LogP contribution in [0.25, 0.3) is 0 Å². The number of carbonyl (C=O) groups is 1. The number of nitrogens with one attached hydrogen (secondary N) is 1. The van der Waals surface area contributed by atoms with Gasteiger partial charge in [-0.15, -0.1) is 0 Å². The minimum atomic E-state index is -0.594. The number of ether oxygens (including phenoxy) is 1. The number of likely N-dealkylation sites (tertiary alicyclic amines) is 1. The van der Waals surface area contributed by atoms with Gasteiger partial charge in [0.25, 0.3) is 0 Å². The van der Waals surface area contributed by atoms with E-state index in [9.17, 15) is 4.79 Å². The lowest BCUT2D eigenvalue weighted by Gasteiger charge is -2.37. The van der Waals surface area contributed by atoms with Gasteiger partial charge in [-0.3, -0.25) is 4.79 Å². The first-order chi connectivity index (χ1) is 8.92. The van der Waals surface area contributed by atoms with Gasteiger partial charge in [0, 0.05) is 19.1 Å². The summed E-state index contributed by atoms with van der Waals surface area (Å²) >= 11 is 0. The molecule has 0 aromatic heterocycles. The minimum absolute atomic E-state index is 0.191. The first kappa shape index (κ1) is 16.4. The van der Waals surface area contributed by atoms with Crippen LogP contribution >= 0.6 is 0 Å². The van der Waals surface area contributed by atoms with E-state index in [2.05, 4.69) is 29.2 Å². The van der Waals surface area contributed by atoms with Crippen LogP contribution in [0.3, 0.4) is 0 Å². The van der Waals surface area contributed by atoms with Crippen LogP contribution in [-0.2, 0) is 9.53 Å². The molecule has 1 N–H and O–H groups in total. The van der Waals surface area contributed by atoms with E-state index >= 15 is 0 Å². The highest BCUT2D eigenvalue weighted by Crippen LogP contribution is 2.17. The van der Waals surface area contributed by atoms with Gasteiger partial charge in [0.1, 0.15) is 5.54 Å². The maximum Gasteiger partial charge on any atom is 0.325 e. The summed E-state index contributed by atoms with van der Waals surface area (Å²) < 4.78 is 4.87. The summed E-state index contributed by atoms with van der Waals surface area (Å²) in [5.74, 6) is -0.191. The van der Waals surface area contributed by atoms with Crippen molar-refractivity contribution in [2.45, 2.75) is 37.8 Å². The Bertz CT molecular complexity index is 298. The van der Waals surface area contributed by atoms with E-state index < -0.39 is 5.54 Å². The number of carbonyl (C=O) groups excluding carboxylic acids is 1. The summed E-state index contributed by atoms with van der Waals surface area (Å²) in [5, 5.41) is 3.08. The lowest BCUT2D eigenvalue weighted by atomic mass is 9.97. The molecule has 0 aliphatic carbocycles. The molecule has 112 valence electrons. The van der Waals surface area contributed by atoms with E-state index in [1.807, 2.05) is 14.0 Å². The van der Waals surface area contributed by atoms with Crippen molar-refractivity contribution < 1.29 is 9.53 Å². The molecule has 2 unspecified atom stereocenters. The van der Waals surface area contributed by atoms with Crippen molar-refractivity contribution in [3.8, 4) is 0 Å². The molecule has 1 rings (SSSR count). The first-order valence-electron chi connectivity index (χ1n) is 7.09. The molecule has 2 atom stereocenters. The summed E-state index contributed by atoms with van der Waals surface area (Å²) in [4.78, 5) is 16.5. The Labute approximate surface area is 117 Å². The molecule has 1 aliphatic heterocycles. The van der Waals surface area contributed by atoms with Gasteiger partial charge in [-0.1, -0.05) is 0 Å². The SMILES string of the molecule is CNC(C)(CCN(C)C1CCCN(C)C1)C(=O)OC. The molecule has 0 radical (unpaired) electrons. The fourth-order valence-corrected chi connectivity index (χ4v) is 2.64. The number of methoxy groups -OCH3 is 1. The first-order valence-corrected chi connectivity index (χ1v) is 7.09. The van der Waals surface area contributed by atoms with Crippen LogP contribution in [-0.4, -0.2) is 75.2 Å². The Morgan fingerprint density at radius 3 is 2.79 bits per heavy atom. The van der Waals surface area contributed by atoms with Crippen LogP contribution in [0.1, 0.15) is 26.2 Å². The van der Waals surface area contributed by atoms with Crippen molar-refractivity contribution in [2.24, 2.45) is 0 Å². The maximum absolute atomic E-state index is 11.8. The smallest absolute Gasteiger partial charge is 0.325 e. The monoisotopic (exact) mass is 271 g/mol. The third-order valence-corrected chi connectivity index (χ3v) is 4.38. The second-order valence-electron chi connectivity index (χ2n) is 5.86. The maximum atomic E-state index is 11.8. The molecule has 0 bridgehead atoms. The van der Waals surface area contributed by atoms with E-state index in [0.717, 1.165) is 19.5 Å². The lowest BCUT2D eigenvalue weighted by Crippen LogP contribution is -2.52. The zero-order valence-corrected chi connectivity index (χ0v) is 13.0. The summed E-state index contributed by atoms with van der Waals surface area (Å²) in [6, 6.07) is 0.595. The van der Waals surface area contributed by atoms with Gasteiger partial charge in [0.05, 0.1) is 7.11 Å². The standard InChI is InChI=1S/C14H29N3O2/c1-14(15-2,13(18)19-5)8-10-17(4)12-7-6-9-16(3)11-12/h12,15H,6-11H2,1-5H3. The molecule has 19 heavy (non-hydrogen) atoms. The van der Waals surface area contributed by atoms with E-state index in [4.69, 9.17) is 4.74 Å². The van der Waals surface area contributed by atoms with Crippen LogP contribution < -0.4 is 5.32 Å². The molecule has 5 nitrogen and oxygen atoms in total. The number of rotatable bonds is 6. The number of piperidine rings is 1. The molecule has 0 amide bonds. The predicted molar refractivity (Wildman–Crippen MR) is 77.2 cm³/mol. The van der Waals surface area contributed by atoms with Crippen LogP contribution in [0.5, 0.6) is 0 Å². The average molecular weight is 271 g/mol. The second-order valence-corrected chi connectivity index (χ2v) is 5.86. The van der Waals surface area contributed by atoms with Crippen molar-refractivity contribution >= 4 is 5.97 Å². The van der Waals surface area contributed by atoms with Gasteiger partial charge in [-0.25, -0.2) is 0 Å². The fraction of sp³-hybridized carbons (Fsp3) is 0.929. The van der Waals surface area contributed by atoms with Crippen molar-refractivity contribution in [3.05, 3.63) is 0 Å². The number of nitrogens with zero attached hydrogens (tertiary/aromatic N) is 2. The third kappa shape index (κ3) is 4.44. The highest BCUT2D eigenvalue weighted by Gasteiger charge is 2.33. The van der Waals surface area contributed by atoms with Gasteiger partial charge in [-0.2, -0.15) is 0 Å². The molecule has 0 aromatic carbocycles. The normalized spacial score (nSPS) is 24.2. The van der Waals surface area contributed by atoms with E-state index in [0.29, 0.717) is 6.04 Å². The molecule has 1 saturated heterocycles. The Kier molecular flexibility index (Phi) is 6.23. The van der Waals surface area contributed by atoms with Crippen molar-refractivity contribution in [1.82, 2.24) is 15.1 Å². The molecule has 0 spiro atoms. The Morgan fingerprint density at radius 1 is 1.58 bits per heavy atom. The van der Waals surface area contributed by atoms with Gasteiger partial charge < -0.3 is 19.9 Å². The van der Waals surface area contributed by atoms with Crippen molar-refractivity contribution in [3.63, 3.8) is 0 Å². The summed E-state index contributed by atoms with van der Waals surface area (Å²) in [7, 11) is 7.58. The number of hydrogen-bond acceptors (Lipinski definition) is 5.